The summed E-state index contributed by atoms with van der Waals surface area (Å²) in [6.45, 7) is 0. The number of carbonyl (C=O) groups excluding carboxylic acids is 2. The van der Waals surface area contributed by atoms with Gasteiger partial charge in [0.2, 0.25) is 0 Å². The van der Waals surface area contributed by atoms with Crippen molar-refractivity contribution in [2.45, 2.75) is 5.75 Å². The van der Waals surface area contributed by atoms with E-state index >= 15 is 0 Å². The first kappa shape index (κ1) is 16.5. The molecule has 2 aromatic carbocycles. The molecule has 1 aliphatic rings. The Bertz CT molecular complexity index is 884. The average Bonchev–Trinajstić information content (AvgIpc) is 2.79. The molecule has 0 unspecified atom stereocenters. The number of non-ortho nitro benzene ring substituents is 1. The minimum atomic E-state index is -0.504. The highest BCUT2D eigenvalue weighted by Gasteiger charge is 2.38. The Balaban J connectivity index is 2.11. The van der Waals surface area contributed by atoms with E-state index in [4.69, 9.17) is 11.6 Å². The van der Waals surface area contributed by atoms with Gasteiger partial charge in [-0.1, -0.05) is 11.6 Å². The highest BCUT2D eigenvalue weighted by atomic mass is 35.5. The lowest BCUT2D eigenvalue weighted by Crippen LogP contribution is -2.30. The van der Waals surface area contributed by atoms with E-state index in [2.05, 4.69) is 0 Å². The number of thioether (sulfide) groups is 1. The largest absolute Gasteiger partial charge is 0.269 e. The molecule has 0 saturated heterocycles. The summed E-state index contributed by atoms with van der Waals surface area (Å²) >= 11 is 7.35. The number of nitro groups is 1. The van der Waals surface area contributed by atoms with Gasteiger partial charge in [-0.3, -0.25) is 19.7 Å². The van der Waals surface area contributed by atoms with Crippen LogP contribution in [0, 0.1) is 10.1 Å². The molecule has 0 bridgehead atoms. The van der Waals surface area contributed by atoms with Gasteiger partial charge in [-0.15, -0.1) is 0 Å². The molecule has 2 amide bonds. The van der Waals surface area contributed by atoms with Gasteiger partial charge in [0.15, 0.2) is 0 Å². The molecule has 0 atom stereocenters. The van der Waals surface area contributed by atoms with Crippen LogP contribution in [-0.2, 0) is 5.75 Å². The summed E-state index contributed by atoms with van der Waals surface area (Å²) in [4.78, 5) is 36.8. The van der Waals surface area contributed by atoms with Crippen molar-refractivity contribution in [2.75, 3.05) is 11.2 Å². The summed E-state index contributed by atoms with van der Waals surface area (Å²) in [7, 11) is 0. The second kappa shape index (κ2) is 6.26. The van der Waals surface area contributed by atoms with E-state index in [1.807, 2.05) is 6.26 Å². The minimum absolute atomic E-state index is 0.0811. The summed E-state index contributed by atoms with van der Waals surface area (Å²) in [5.74, 6) is -0.498. The SMILES string of the molecule is CSCc1cc([N+](=O)[O-])ccc1N1C(=O)c2ccc(Cl)cc2C1=O. The molecular weight excluding hydrogens is 352 g/mol. The Morgan fingerprint density at radius 3 is 2.50 bits per heavy atom. The number of nitro benzene ring substituents is 1. The van der Waals surface area contributed by atoms with Crippen LogP contribution < -0.4 is 4.90 Å². The highest BCUT2D eigenvalue weighted by Crippen LogP contribution is 2.35. The Morgan fingerprint density at radius 2 is 1.83 bits per heavy atom. The maximum Gasteiger partial charge on any atom is 0.269 e. The fourth-order valence-electron chi connectivity index (χ4n) is 2.61. The third-order valence-corrected chi connectivity index (χ3v) is 4.50. The van der Waals surface area contributed by atoms with Crippen LogP contribution in [0.2, 0.25) is 5.02 Å². The van der Waals surface area contributed by atoms with Gasteiger partial charge >= 0.3 is 0 Å². The Labute approximate surface area is 146 Å². The van der Waals surface area contributed by atoms with Crippen molar-refractivity contribution in [1.82, 2.24) is 0 Å². The number of nitrogens with zero attached hydrogens (tertiary/aromatic N) is 2. The van der Waals surface area contributed by atoms with Crippen molar-refractivity contribution >= 4 is 46.6 Å². The van der Waals surface area contributed by atoms with E-state index in [1.165, 1.54) is 42.1 Å². The van der Waals surface area contributed by atoms with Gasteiger partial charge in [0.1, 0.15) is 0 Å². The Morgan fingerprint density at radius 1 is 1.12 bits per heavy atom. The molecule has 24 heavy (non-hydrogen) atoms. The van der Waals surface area contributed by atoms with Crippen LogP contribution in [0.1, 0.15) is 26.3 Å². The monoisotopic (exact) mass is 362 g/mol. The summed E-state index contributed by atoms with van der Waals surface area (Å²) in [5, 5.41) is 11.3. The third kappa shape index (κ3) is 2.65. The lowest BCUT2D eigenvalue weighted by Gasteiger charge is -2.17. The first-order chi connectivity index (χ1) is 11.4. The van der Waals surface area contributed by atoms with Crippen LogP contribution in [0.15, 0.2) is 36.4 Å². The summed E-state index contributed by atoms with van der Waals surface area (Å²) in [6, 6.07) is 8.63. The third-order valence-electron chi connectivity index (χ3n) is 3.66. The quantitative estimate of drug-likeness (QED) is 0.468. The molecule has 3 rings (SSSR count). The standard InChI is InChI=1S/C16H11ClN2O4S/c1-24-8-9-6-11(19(22)23)3-5-14(9)18-15(20)12-4-2-10(17)7-13(12)16(18)21/h2-7H,8H2,1H3. The van der Waals surface area contributed by atoms with Gasteiger partial charge in [-0.05, 0) is 36.1 Å². The number of halogens is 1. The summed E-state index contributed by atoms with van der Waals surface area (Å²) in [5.41, 5.74) is 1.34. The van der Waals surface area contributed by atoms with Gasteiger partial charge in [0.25, 0.3) is 17.5 Å². The number of fused-ring (bicyclic) bond motifs is 1. The summed E-state index contributed by atoms with van der Waals surface area (Å²) < 4.78 is 0. The number of anilines is 1. The molecule has 6 nitrogen and oxygen atoms in total. The van der Waals surface area contributed by atoms with Gasteiger partial charge in [-0.2, -0.15) is 11.8 Å². The lowest BCUT2D eigenvalue weighted by atomic mass is 10.1. The van der Waals surface area contributed by atoms with E-state index in [0.717, 1.165) is 4.90 Å². The molecule has 0 aliphatic carbocycles. The number of hydrogen-bond acceptors (Lipinski definition) is 5. The zero-order valence-corrected chi connectivity index (χ0v) is 14.1. The van der Waals surface area contributed by atoms with Crippen LogP contribution >= 0.6 is 23.4 Å². The molecule has 1 aliphatic heterocycles. The maximum atomic E-state index is 12.6. The number of imide groups is 1. The summed E-state index contributed by atoms with van der Waals surface area (Å²) in [6.07, 6.45) is 1.84. The van der Waals surface area contributed by atoms with E-state index in [-0.39, 0.29) is 16.8 Å². The van der Waals surface area contributed by atoms with Gasteiger partial charge in [-0.25, -0.2) is 4.90 Å². The second-order valence-corrected chi connectivity index (χ2v) is 6.44. The first-order valence-electron chi connectivity index (χ1n) is 6.88. The van der Waals surface area contributed by atoms with Crippen LogP contribution in [0.25, 0.3) is 0 Å². The van der Waals surface area contributed by atoms with Crippen molar-refractivity contribution in [1.29, 1.82) is 0 Å². The van der Waals surface area contributed by atoms with Gasteiger partial charge in [0.05, 0.1) is 21.7 Å². The highest BCUT2D eigenvalue weighted by molar-refractivity contribution is 7.97. The molecule has 8 heteroatoms. The predicted molar refractivity (Wildman–Crippen MR) is 92.9 cm³/mol. The Hall–Kier alpha value is -2.38. The molecule has 0 radical (unpaired) electrons. The minimum Gasteiger partial charge on any atom is -0.268 e. The van der Waals surface area contributed by atoms with Crippen molar-refractivity contribution in [3.05, 3.63) is 68.2 Å². The number of amides is 2. The zero-order valence-electron chi connectivity index (χ0n) is 12.5. The van der Waals surface area contributed by atoms with E-state index in [0.29, 0.717) is 22.0 Å². The average molecular weight is 363 g/mol. The molecule has 1 heterocycles. The molecule has 2 aromatic rings. The fraction of sp³-hybridized carbons (Fsp3) is 0.125. The maximum absolute atomic E-state index is 12.6. The molecule has 122 valence electrons. The topological polar surface area (TPSA) is 80.5 Å². The van der Waals surface area contributed by atoms with Crippen LogP contribution in [0.4, 0.5) is 11.4 Å². The number of carbonyl (C=O) groups is 2. The Kier molecular flexibility index (Phi) is 4.29. The number of rotatable bonds is 4. The predicted octanol–water partition coefficient (Wildman–Crippen LogP) is 3.91. The molecule has 0 saturated carbocycles. The lowest BCUT2D eigenvalue weighted by molar-refractivity contribution is -0.384. The van der Waals surface area contributed by atoms with Gasteiger partial charge < -0.3 is 0 Å². The van der Waals surface area contributed by atoms with Crippen molar-refractivity contribution in [3.63, 3.8) is 0 Å². The van der Waals surface area contributed by atoms with Crippen LogP contribution in [0.3, 0.4) is 0 Å². The van der Waals surface area contributed by atoms with Crippen molar-refractivity contribution < 1.29 is 14.5 Å². The van der Waals surface area contributed by atoms with E-state index in [9.17, 15) is 19.7 Å². The van der Waals surface area contributed by atoms with E-state index < -0.39 is 16.7 Å². The molecule has 0 N–H and O–H groups in total. The molecule has 0 spiro atoms. The number of hydrogen-bond donors (Lipinski definition) is 0. The second-order valence-electron chi connectivity index (χ2n) is 5.14. The van der Waals surface area contributed by atoms with Crippen LogP contribution in [-0.4, -0.2) is 23.0 Å². The van der Waals surface area contributed by atoms with Crippen LogP contribution in [0.5, 0.6) is 0 Å². The first-order valence-corrected chi connectivity index (χ1v) is 8.66. The van der Waals surface area contributed by atoms with E-state index in [1.54, 1.807) is 6.07 Å². The molecular formula is C16H11ClN2O4S. The number of benzene rings is 2. The smallest absolute Gasteiger partial charge is 0.268 e. The van der Waals surface area contributed by atoms with Crippen molar-refractivity contribution in [2.24, 2.45) is 0 Å². The normalized spacial score (nSPS) is 13.3. The fourth-order valence-corrected chi connectivity index (χ4v) is 3.32. The molecule has 0 fully saturated rings. The zero-order chi connectivity index (χ0) is 17.4. The molecule has 0 aromatic heterocycles. The van der Waals surface area contributed by atoms with Gasteiger partial charge in [0, 0.05) is 22.9 Å². The van der Waals surface area contributed by atoms with Crippen molar-refractivity contribution in [3.8, 4) is 0 Å².